The molecule has 5 heteroatoms. The molecule has 0 unspecified atom stereocenters. The molecule has 1 aromatic carbocycles. The van der Waals surface area contributed by atoms with Crippen molar-refractivity contribution in [2.24, 2.45) is 5.92 Å². The molecule has 0 radical (unpaired) electrons. The van der Waals surface area contributed by atoms with Crippen LogP contribution < -0.4 is 15.5 Å². The van der Waals surface area contributed by atoms with Gasteiger partial charge in [-0.1, -0.05) is 33.1 Å². The van der Waals surface area contributed by atoms with Crippen molar-refractivity contribution in [2.45, 2.75) is 52.5 Å². The fourth-order valence-corrected chi connectivity index (χ4v) is 3.68. The molecule has 0 fully saturated rings. The van der Waals surface area contributed by atoms with E-state index in [-0.39, 0.29) is 5.91 Å². The zero-order chi connectivity index (χ0) is 20.5. The van der Waals surface area contributed by atoms with E-state index in [9.17, 15) is 4.79 Å². The molecular formula is C24H34N4O. The van der Waals surface area contributed by atoms with Crippen LogP contribution in [-0.2, 0) is 6.54 Å². The minimum atomic E-state index is 0.0496. The molecule has 0 atom stereocenters. The van der Waals surface area contributed by atoms with Crippen LogP contribution in [0, 0.1) is 5.92 Å². The van der Waals surface area contributed by atoms with E-state index in [1.807, 2.05) is 4.90 Å². The number of fused-ring (bicyclic) bond motifs is 1. The minimum absolute atomic E-state index is 0.0496. The normalized spacial score (nSPS) is 15.9. The summed E-state index contributed by atoms with van der Waals surface area (Å²) in [6, 6.07) is 10.00. The average Bonchev–Trinajstić information content (AvgIpc) is 2.73. The lowest BCUT2D eigenvalue weighted by atomic mass is 10.1. The Morgan fingerprint density at radius 2 is 1.86 bits per heavy atom. The fourth-order valence-electron chi connectivity index (χ4n) is 3.68. The highest BCUT2D eigenvalue weighted by Crippen LogP contribution is 2.27. The molecule has 3 rings (SSSR count). The maximum absolute atomic E-state index is 13.3. The second kappa shape index (κ2) is 11.0. The zero-order valence-corrected chi connectivity index (χ0v) is 17.8. The summed E-state index contributed by atoms with van der Waals surface area (Å²) < 4.78 is 0. The first-order chi connectivity index (χ1) is 14.1. The standard InChI is InChI=1S/C24H34N4O/c1-19(2)17-27-22-8-9-23-21(16-22)18-26-12-6-4-3-5-7-15-28(23)24(29)20-10-13-25-14-11-20/h8-11,13-14,16,19,26-27H,3-7,12,15,17-18H2,1-2H3. The number of pyridine rings is 1. The largest absolute Gasteiger partial charge is 0.385 e. The molecule has 0 aliphatic carbocycles. The van der Waals surface area contributed by atoms with Crippen LogP contribution in [0.2, 0.25) is 0 Å². The van der Waals surface area contributed by atoms with Gasteiger partial charge in [0.15, 0.2) is 0 Å². The average molecular weight is 395 g/mol. The van der Waals surface area contributed by atoms with Crippen molar-refractivity contribution in [3.8, 4) is 0 Å². The van der Waals surface area contributed by atoms with Gasteiger partial charge in [-0.05, 0) is 61.2 Å². The second-order valence-corrected chi connectivity index (χ2v) is 8.26. The molecule has 2 N–H and O–H groups in total. The number of carbonyl (C=O) groups is 1. The van der Waals surface area contributed by atoms with Crippen LogP contribution >= 0.6 is 0 Å². The summed E-state index contributed by atoms with van der Waals surface area (Å²) in [6.45, 7) is 7.88. The van der Waals surface area contributed by atoms with E-state index in [1.165, 1.54) is 24.8 Å². The number of benzene rings is 1. The summed E-state index contributed by atoms with van der Waals surface area (Å²) in [5.41, 5.74) is 3.98. The molecule has 1 aliphatic heterocycles. The summed E-state index contributed by atoms with van der Waals surface area (Å²) in [5.74, 6) is 0.632. The van der Waals surface area contributed by atoms with E-state index in [1.54, 1.807) is 24.5 Å². The molecule has 0 spiro atoms. The first kappa shape index (κ1) is 21.3. The smallest absolute Gasteiger partial charge is 0.258 e. The summed E-state index contributed by atoms with van der Waals surface area (Å²) >= 11 is 0. The number of aromatic nitrogens is 1. The first-order valence-electron chi connectivity index (χ1n) is 10.9. The van der Waals surface area contributed by atoms with E-state index in [2.05, 4.69) is 47.7 Å². The van der Waals surface area contributed by atoms with Gasteiger partial charge in [0.05, 0.1) is 0 Å². The Morgan fingerprint density at radius 1 is 1.10 bits per heavy atom. The van der Waals surface area contributed by atoms with Gasteiger partial charge >= 0.3 is 0 Å². The molecular weight excluding hydrogens is 360 g/mol. The molecule has 5 nitrogen and oxygen atoms in total. The van der Waals surface area contributed by atoms with Gasteiger partial charge in [0.1, 0.15) is 0 Å². The van der Waals surface area contributed by atoms with Gasteiger partial charge < -0.3 is 15.5 Å². The Kier molecular flexibility index (Phi) is 8.05. The molecule has 156 valence electrons. The maximum atomic E-state index is 13.3. The van der Waals surface area contributed by atoms with Gasteiger partial charge in [0.25, 0.3) is 5.91 Å². The predicted molar refractivity (Wildman–Crippen MR) is 120 cm³/mol. The van der Waals surface area contributed by atoms with Crippen molar-refractivity contribution in [3.05, 3.63) is 53.9 Å². The van der Waals surface area contributed by atoms with Crippen LogP contribution in [0.5, 0.6) is 0 Å². The molecule has 1 aliphatic rings. The van der Waals surface area contributed by atoms with Crippen molar-refractivity contribution >= 4 is 17.3 Å². The minimum Gasteiger partial charge on any atom is -0.385 e. The highest BCUT2D eigenvalue weighted by molar-refractivity contribution is 6.06. The third-order valence-corrected chi connectivity index (χ3v) is 5.31. The second-order valence-electron chi connectivity index (χ2n) is 8.26. The lowest BCUT2D eigenvalue weighted by molar-refractivity contribution is 0.0986. The third-order valence-electron chi connectivity index (χ3n) is 5.31. The summed E-state index contributed by atoms with van der Waals surface area (Å²) in [4.78, 5) is 19.4. The van der Waals surface area contributed by atoms with Crippen molar-refractivity contribution in [2.75, 3.05) is 29.9 Å². The Morgan fingerprint density at radius 3 is 2.66 bits per heavy atom. The fraction of sp³-hybridized carbons (Fsp3) is 0.500. The number of carbonyl (C=O) groups excluding carboxylic acids is 1. The molecule has 0 saturated heterocycles. The van der Waals surface area contributed by atoms with Crippen molar-refractivity contribution in [1.29, 1.82) is 0 Å². The van der Waals surface area contributed by atoms with E-state index in [0.29, 0.717) is 11.5 Å². The van der Waals surface area contributed by atoms with E-state index in [0.717, 1.165) is 50.4 Å². The van der Waals surface area contributed by atoms with Crippen molar-refractivity contribution < 1.29 is 4.79 Å². The number of anilines is 2. The van der Waals surface area contributed by atoms with Gasteiger partial charge in [0, 0.05) is 49.0 Å². The molecule has 1 amide bonds. The van der Waals surface area contributed by atoms with Gasteiger partial charge in [0.2, 0.25) is 0 Å². The summed E-state index contributed by atoms with van der Waals surface area (Å²) in [7, 11) is 0. The van der Waals surface area contributed by atoms with Gasteiger partial charge in [-0.15, -0.1) is 0 Å². The number of amides is 1. The maximum Gasteiger partial charge on any atom is 0.258 e. The summed E-state index contributed by atoms with van der Waals surface area (Å²) in [6.07, 6.45) is 9.23. The molecule has 0 saturated carbocycles. The van der Waals surface area contributed by atoms with Crippen LogP contribution in [0.4, 0.5) is 11.4 Å². The van der Waals surface area contributed by atoms with Crippen LogP contribution in [0.3, 0.4) is 0 Å². The van der Waals surface area contributed by atoms with Crippen LogP contribution in [0.25, 0.3) is 0 Å². The molecule has 2 aromatic rings. The lowest BCUT2D eigenvalue weighted by Crippen LogP contribution is -2.33. The first-order valence-corrected chi connectivity index (χ1v) is 10.9. The number of nitrogens with zero attached hydrogens (tertiary/aromatic N) is 2. The predicted octanol–water partition coefficient (Wildman–Crippen LogP) is 4.85. The quantitative estimate of drug-likeness (QED) is 0.778. The van der Waals surface area contributed by atoms with Crippen molar-refractivity contribution in [1.82, 2.24) is 10.3 Å². The Bertz CT molecular complexity index is 776. The highest BCUT2D eigenvalue weighted by Gasteiger charge is 2.20. The molecule has 0 bridgehead atoms. The van der Waals surface area contributed by atoms with Crippen LogP contribution in [0.1, 0.15) is 61.9 Å². The van der Waals surface area contributed by atoms with Gasteiger partial charge in [-0.25, -0.2) is 0 Å². The SMILES string of the molecule is CC(C)CNc1ccc2c(c1)CNCCCCCCCN2C(=O)c1ccncc1. The van der Waals surface area contributed by atoms with Crippen LogP contribution in [0.15, 0.2) is 42.7 Å². The Labute approximate surface area is 174 Å². The van der Waals surface area contributed by atoms with E-state index < -0.39 is 0 Å². The number of rotatable bonds is 4. The third kappa shape index (κ3) is 6.29. The van der Waals surface area contributed by atoms with Gasteiger partial charge in [-0.3, -0.25) is 9.78 Å². The molecule has 29 heavy (non-hydrogen) atoms. The van der Waals surface area contributed by atoms with Gasteiger partial charge in [-0.2, -0.15) is 0 Å². The molecule has 2 heterocycles. The highest BCUT2D eigenvalue weighted by atomic mass is 16.2. The number of hydrogen-bond donors (Lipinski definition) is 2. The summed E-state index contributed by atoms with van der Waals surface area (Å²) in [5, 5.41) is 7.09. The lowest BCUT2D eigenvalue weighted by Gasteiger charge is -2.27. The van der Waals surface area contributed by atoms with E-state index in [4.69, 9.17) is 0 Å². The number of hydrogen-bond acceptors (Lipinski definition) is 4. The van der Waals surface area contributed by atoms with E-state index >= 15 is 0 Å². The topological polar surface area (TPSA) is 57.3 Å². The zero-order valence-electron chi connectivity index (χ0n) is 17.8. The van der Waals surface area contributed by atoms with Crippen molar-refractivity contribution in [3.63, 3.8) is 0 Å². The monoisotopic (exact) mass is 394 g/mol. The number of nitrogens with one attached hydrogen (secondary N) is 2. The Hall–Kier alpha value is -2.40. The Balaban J connectivity index is 1.92. The molecule has 1 aromatic heterocycles. The van der Waals surface area contributed by atoms with Crippen LogP contribution in [-0.4, -0.2) is 30.5 Å².